The second-order valence-electron chi connectivity index (χ2n) is 21.0. The van der Waals surface area contributed by atoms with Gasteiger partial charge in [-0.05, 0) is 12.8 Å². The molecule has 0 aromatic heterocycles. The van der Waals surface area contributed by atoms with Crippen molar-refractivity contribution in [2.24, 2.45) is 0 Å². The summed E-state index contributed by atoms with van der Waals surface area (Å²) in [6.45, 7) is 4.30. The topological polar surface area (TPSA) is 111 Å². The van der Waals surface area contributed by atoms with Crippen LogP contribution in [0.2, 0.25) is 0 Å². The highest BCUT2D eigenvalue weighted by atomic mass is 31.2. The Balaban J connectivity index is 4.05. The normalized spacial score (nSPS) is 13.2. The summed E-state index contributed by atoms with van der Waals surface area (Å²) >= 11 is 0. The molecule has 0 aliphatic rings. The van der Waals surface area contributed by atoms with Gasteiger partial charge >= 0.3 is 11.9 Å². The Bertz CT molecular complexity index is 1080. The number of carbonyl (C=O) groups is 2. The molecular formula is C56H112NO8P. The molecular weight excluding hydrogens is 846 g/mol. The summed E-state index contributed by atoms with van der Waals surface area (Å²) in [4.78, 5) is 37.8. The van der Waals surface area contributed by atoms with Gasteiger partial charge in [0.2, 0.25) is 0 Å². The molecule has 0 rings (SSSR count). The van der Waals surface area contributed by atoms with Crippen molar-refractivity contribution in [2.45, 2.75) is 302 Å². The lowest BCUT2D eigenvalue weighted by atomic mass is 10.0. The Hall–Kier alpha value is -0.990. The summed E-state index contributed by atoms with van der Waals surface area (Å²) in [7, 11) is 1.19. The lowest BCUT2D eigenvalue weighted by molar-refractivity contribution is -0.870. The van der Waals surface area contributed by atoms with Crippen molar-refractivity contribution in [3.05, 3.63) is 0 Å². The quantitative estimate of drug-likeness (QED) is 0.0256. The zero-order chi connectivity index (χ0) is 48.5. The molecule has 0 saturated carbocycles. The van der Waals surface area contributed by atoms with Crippen LogP contribution < -0.4 is 4.89 Å². The van der Waals surface area contributed by atoms with E-state index in [4.69, 9.17) is 18.5 Å². The molecule has 2 atom stereocenters. The second-order valence-corrected chi connectivity index (χ2v) is 22.4. The van der Waals surface area contributed by atoms with E-state index in [0.29, 0.717) is 17.4 Å². The molecule has 0 fully saturated rings. The van der Waals surface area contributed by atoms with Crippen LogP contribution in [0.5, 0.6) is 0 Å². The highest BCUT2D eigenvalue weighted by molar-refractivity contribution is 7.45. The molecule has 9 nitrogen and oxygen atoms in total. The fourth-order valence-electron chi connectivity index (χ4n) is 8.66. The lowest BCUT2D eigenvalue weighted by Gasteiger charge is -2.28. The smallest absolute Gasteiger partial charge is 0.306 e. The van der Waals surface area contributed by atoms with Gasteiger partial charge in [0.15, 0.2) is 6.10 Å². The summed E-state index contributed by atoms with van der Waals surface area (Å²) in [5.74, 6) is -0.811. The molecule has 0 amide bonds. The van der Waals surface area contributed by atoms with Crippen molar-refractivity contribution < 1.29 is 42.1 Å². The first-order valence-electron chi connectivity index (χ1n) is 28.7. The Morgan fingerprint density at radius 2 is 0.682 bits per heavy atom. The molecule has 0 radical (unpaired) electrons. The predicted octanol–water partition coefficient (Wildman–Crippen LogP) is 16.9. The maximum absolute atomic E-state index is 12.8. The molecule has 0 aliphatic carbocycles. The van der Waals surface area contributed by atoms with Gasteiger partial charge in [-0.3, -0.25) is 14.2 Å². The largest absolute Gasteiger partial charge is 0.756 e. The SMILES string of the molecule is CCCCCCCCCCCCCCCCCCCCCCCCCCCCCC(=O)OC(COC(=O)CCCCCCCCCCCCCCCCC)COP(=O)([O-])OCC[N+](C)(C)C. The third-order valence-electron chi connectivity index (χ3n) is 13.1. The van der Waals surface area contributed by atoms with Gasteiger partial charge in [0.25, 0.3) is 7.82 Å². The van der Waals surface area contributed by atoms with E-state index in [1.165, 1.54) is 231 Å². The fourth-order valence-corrected chi connectivity index (χ4v) is 9.39. The number of likely N-dealkylation sites (N-methyl/N-ethyl adjacent to an activating group) is 1. The average molecular weight is 958 g/mol. The minimum absolute atomic E-state index is 0.0252. The van der Waals surface area contributed by atoms with Crippen molar-refractivity contribution in [3.63, 3.8) is 0 Å². The van der Waals surface area contributed by atoms with Crippen LogP contribution in [0.4, 0.5) is 0 Å². The van der Waals surface area contributed by atoms with E-state index < -0.39 is 26.5 Å². The second kappa shape index (κ2) is 49.0. The van der Waals surface area contributed by atoms with Gasteiger partial charge in [0.05, 0.1) is 27.7 Å². The van der Waals surface area contributed by atoms with Crippen LogP contribution in [0, 0.1) is 0 Å². The van der Waals surface area contributed by atoms with Crippen LogP contribution in [-0.4, -0.2) is 70.0 Å². The zero-order valence-electron chi connectivity index (χ0n) is 44.7. The Morgan fingerprint density at radius 3 is 0.970 bits per heavy atom. The lowest BCUT2D eigenvalue weighted by Crippen LogP contribution is -2.37. The van der Waals surface area contributed by atoms with Gasteiger partial charge in [0, 0.05) is 12.8 Å². The number of rotatable bonds is 54. The molecule has 0 spiro atoms. The van der Waals surface area contributed by atoms with Gasteiger partial charge in [-0.1, -0.05) is 271 Å². The molecule has 10 heteroatoms. The van der Waals surface area contributed by atoms with E-state index in [-0.39, 0.29) is 32.0 Å². The van der Waals surface area contributed by atoms with E-state index in [0.717, 1.165) is 32.1 Å². The third kappa shape index (κ3) is 52.4. The predicted molar refractivity (Wildman–Crippen MR) is 278 cm³/mol. The molecule has 0 aromatic carbocycles. The fraction of sp³-hybridized carbons (Fsp3) is 0.964. The van der Waals surface area contributed by atoms with Crippen molar-refractivity contribution >= 4 is 19.8 Å². The van der Waals surface area contributed by atoms with Crippen LogP contribution in [0.1, 0.15) is 296 Å². The molecule has 66 heavy (non-hydrogen) atoms. The third-order valence-corrected chi connectivity index (χ3v) is 14.1. The number of esters is 2. The number of quaternary nitrogens is 1. The molecule has 0 N–H and O–H groups in total. The molecule has 0 aliphatic heterocycles. The molecule has 0 aromatic rings. The minimum Gasteiger partial charge on any atom is -0.756 e. The highest BCUT2D eigenvalue weighted by Crippen LogP contribution is 2.38. The van der Waals surface area contributed by atoms with Gasteiger partial charge in [-0.2, -0.15) is 0 Å². The van der Waals surface area contributed by atoms with E-state index in [1.807, 2.05) is 21.1 Å². The maximum Gasteiger partial charge on any atom is 0.306 e. The van der Waals surface area contributed by atoms with Gasteiger partial charge in [0.1, 0.15) is 19.8 Å². The average Bonchev–Trinajstić information content (AvgIpc) is 3.27. The Morgan fingerprint density at radius 1 is 0.409 bits per heavy atom. The first-order valence-corrected chi connectivity index (χ1v) is 30.2. The zero-order valence-corrected chi connectivity index (χ0v) is 45.6. The minimum atomic E-state index is -4.62. The van der Waals surface area contributed by atoms with Gasteiger partial charge in [-0.15, -0.1) is 0 Å². The first kappa shape index (κ1) is 65.0. The summed E-state index contributed by atoms with van der Waals surface area (Å²) < 4.78 is 34.1. The maximum atomic E-state index is 12.8. The van der Waals surface area contributed by atoms with E-state index >= 15 is 0 Å². The van der Waals surface area contributed by atoms with Crippen molar-refractivity contribution in [3.8, 4) is 0 Å². The number of nitrogens with zero attached hydrogens (tertiary/aromatic N) is 1. The van der Waals surface area contributed by atoms with E-state index in [9.17, 15) is 19.0 Å². The number of hydrogen-bond donors (Lipinski definition) is 0. The van der Waals surface area contributed by atoms with Crippen molar-refractivity contribution in [1.82, 2.24) is 0 Å². The van der Waals surface area contributed by atoms with E-state index in [2.05, 4.69) is 13.8 Å². The highest BCUT2D eigenvalue weighted by Gasteiger charge is 2.22. The van der Waals surface area contributed by atoms with E-state index in [1.54, 1.807) is 0 Å². The summed E-state index contributed by atoms with van der Waals surface area (Å²) in [6, 6.07) is 0. The van der Waals surface area contributed by atoms with Gasteiger partial charge in [-0.25, -0.2) is 0 Å². The Labute approximate surface area is 410 Å². The van der Waals surface area contributed by atoms with Crippen LogP contribution >= 0.6 is 7.82 Å². The van der Waals surface area contributed by atoms with Crippen molar-refractivity contribution in [1.29, 1.82) is 0 Å². The Kier molecular flexibility index (Phi) is 48.3. The molecule has 2 unspecified atom stereocenters. The molecule has 0 saturated heterocycles. The number of phosphoric acid groups is 1. The summed E-state index contributed by atoms with van der Waals surface area (Å²) in [5.41, 5.74) is 0. The number of ether oxygens (including phenoxy) is 2. The molecule has 394 valence electrons. The number of carbonyl (C=O) groups excluding carboxylic acids is 2. The van der Waals surface area contributed by atoms with Crippen LogP contribution in [0.15, 0.2) is 0 Å². The van der Waals surface area contributed by atoms with Crippen LogP contribution in [0.25, 0.3) is 0 Å². The van der Waals surface area contributed by atoms with Gasteiger partial charge < -0.3 is 27.9 Å². The molecule has 0 bridgehead atoms. The number of unbranched alkanes of at least 4 members (excludes halogenated alkanes) is 40. The molecule has 0 heterocycles. The standard InChI is InChI=1S/C56H112NO8P/c1-6-8-10-12-14-16-18-20-22-23-24-25-26-27-28-29-30-31-32-33-35-37-39-41-43-45-47-49-56(59)65-54(53-64-66(60,61)63-51-50-57(3,4)5)52-62-55(58)48-46-44-42-40-38-36-34-21-19-17-15-13-11-9-7-2/h54H,6-53H2,1-5H3. The van der Waals surface area contributed by atoms with Crippen LogP contribution in [-0.2, 0) is 32.7 Å². The summed E-state index contributed by atoms with van der Waals surface area (Å²) in [6.07, 6.45) is 54.4. The summed E-state index contributed by atoms with van der Waals surface area (Å²) in [5, 5.41) is 0. The monoisotopic (exact) mass is 958 g/mol. The first-order chi connectivity index (χ1) is 32.0. The number of phosphoric ester groups is 1. The van der Waals surface area contributed by atoms with Crippen molar-refractivity contribution in [2.75, 3.05) is 47.5 Å². The van der Waals surface area contributed by atoms with Crippen LogP contribution in [0.3, 0.4) is 0 Å². The number of hydrogen-bond acceptors (Lipinski definition) is 8.